The van der Waals surface area contributed by atoms with Crippen LogP contribution in [0.5, 0.6) is 0 Å². The van der Waals surface area contributed by atoms with Crippen LogP contribution in [0.25, 0.3) is 0 Å². The SMILES string of the molecule is CNCC1CCN(C(=O)c2cc(S(=O)(=O)N3CCCC3)c(C)o2)C1.Cl. The van der Waals surface area contributed by atoms with Gasteiger partial charge >= 0.3 is 0 Å². The van der Waals surface area contributed by atoms with Crippen molar-refractivity contribution in [1.29, 1.82) is 0 Å². The molecule has 0 bridgehead atoms. The minimum absolute atomic E-state index is 0. The Kier molecular flexibility index (Phi) is 6.53. The highest BCUT2D eigenvalue weighted by atomic mass is 35.5. The molecule has 1 amide bonds. The number of carbonyl (C=O) groups is 1. The number of nitrogens with zero attached hydrogens (tertiary/aromatic N) is 2. The molecule has 7 nitrogen and oxygen atoms in total. The van der Waals surface area contributed by atoms with Crippen LogP contribution in [0.1, 0.15) is 35.6 Å². The topological polar surface area (TPSA) is 82.9 Å². The number of hydrogen-bond donors (Lipinski definition) is 1. The average molecular weight is 392 g/mol. The van der Waals surface area contributed by atoms with Gasteiger partial charge in [0.2, 0.25) is 10.0 Å². The predicted molar refractivity (Wildman–Crippen MR) is 96.6 cm³/mol. The third-order valence-corrected chi connectivity index (χ3v) is 6.84. The lowest BCUT2D eigenvalue weighted by Gasteiger charge is -2.15. The number of likely N-dealkylation sites (tertiary alicyclic amines) is 1. The van der Waals surface area contributed by atoms with E-state index in [1.807, 2.05) is 7.05 Å². The maximum atomic E-state index is 12.7. The van der Waals surface area contributed by atoms with Crippen LogP contribution in [0.15, 0.2) is 15.4 Å². The van der Waals surface area contributed by atoms with Crippen LogP contribution in [-0.2, 0) is 10.0 Å². The maximum Gasteiger partial charge on any atom is 0.289 e. The molecule has 1 aromatic heterocycles. The number of hydrogen-bond acceptors (Lipinski definition) is 5. The van der Waals surface area contributed by atoms with Gasteiger partial charge < -0.3 is 14.6 Å². The third kappa shape index (κ3) is 4.02. The normalized spacial score (nSPS) is 21.5. The Morgan fingerprint density at radius 1 is 1.32 bits per heavy atom. The molecule has 1 N–H and O–H groups in total. The zero-order chi connectivity index (χ0) is 17.3. The maximum absolute atomic E-state index is 12.7. The van der Waals surface area contributed by atoms with Gasteiger partial charge in [0.15, 0.2) is 5.76 Å². The quantitative estimate of drug-likeness (QED) is 0.821. The van der Waals surface area contributed by atoms with Crippen LogP contribution >= 0.6 is 12.4 Å². The van der Waals surface area contributed by atoms with Crippen molar-refractivity contribution in [3.8, 4) is 0 Å². The van der Waals surface area contributed by atoms with Gasteiger partial charge in [0.25, 0.3) is 5.91 Å². The molecule has 2 aliphatic heterocycles. The summed E-state index contributed by atoms with van der Waals surface area (Å²) in [5, 5.41) is 3.13. The van der Waals surface area contributed by atoms with Crippen LogP contribution in [0, 0.1) is 12.8 Å². The molecule has 25 heavy (non-hydrogen) atoms. The minimum atomic E-state index is -3.57. The molecule has 0 saturated carbocycles. The van der Waals surface area contributed by atoms with Gasteiger partial charge in [-0.25, -0.2) is 8.42 Å². The number of nitrogens with one attached hydrogen (secondary N) is 1. The number of furan rings is 1. The van der Waals surface area contributed by atoms with E-state index in [1.54, 1.807) is 11.8 Å². The summed E-state index contributed by atoms with van der Waals surface area (Å²) in [5.41, 5.74) is 0. The first kappa shape index (κ1) is 20.2. The van der Waals surface area contributed by atoms with E-state index >= 15 is 0 Å². The fourth-order valence-corrected chi connectivity index (χ4v) is 5.20. The molecular weight excluding hydrogens is 366 g/mol. The molecule has 142 valence electrons. The summed E-state index contributed by atoms with van der Waals surface area (Å²) in [5.74, 6) is 0.619. The van der Waals surface area contributed by atoms with Crippen molar-refractivity contribution in [2.45, 2.75) is 31.1 Å². The van der Waals surface area contributed by atoms with Crippen LogP contribution < -0.4 is 5.32 Å². The first-order chi connectivity index (χ1) is 11.4. The average Bonchev–Trinajstić information content (AvgIpc) is 3.27. The summed E-state index contributed by atoms with van der Waals surface area (Å²) in [4.78, 5) is 14.5. The second-order valence-corrected chi connectivity index (χ2v) is 8.51. The lowest BCUT2D eigenvalue weighted by molar-refractivity contribution is 0.0754. The third-order valence-electron chi connectivity index (χ3n) is 4.83. The molecule has 0 aromatic carbocycles. The number of carbonyl (C=O) groups excluding carboxylic acids is 1. The van der Waals surface area contributed by atoms with Crippen molar-refractivity contribution in [2.75, 3.05) is 39.8 Å². The van der Waals surface area contributed by atoms with E-state index < -0.39 is 10.0 Å². The van der Waals surface area contributed by atoms with Gasteiger partial charge in [-0.1, -0.05) is 0 Å². The van der Waals surface area contributed by atoms with Crippen molar-refractivity contribution in [3.63, 3.8) is 0 Å². The molecule has 3 heterocycles. The summed E-state index contributed by atoms with van der Waals surface area (Å²) in [6, 6.07) is 1.40. The highest BCUT2D eigenvalue weighted by Gasteiger charge is 2.34. The van der Waals surface area contributed by atoms with E-state index in [0.717, 1.165) is 25.8 Å². The highest BCUT2D eigenvalue weighted by molar-refractivity contribution is 7.89. The van der Waals surface area contributed by atoms with E-state index in [9.17, 15) is 13.2 Å². The molecule has 1 aromatic rings. The van der Waals surface area contributed by atoms with Crippen LogP contribution in [-0.4, -0.2) is 63.3 Å². The Bertz CT molecular complexity index is 713. The van der Waals surface area contributed by atoms with Crippen molar-refractivity contribution in [1.82, 2.24) is 14.5 Å². The molecule has 2 fully saturated rings. The Morgan fingerprint density at radius 3 is 2.64 bits per heavy atom. The number of rotatable bonds is 5. The summed E-state index contributed by atoms with van der Waals surface area (Å²) in [6.45, 7) is 4.90. The van der Waals surface area contributed by atoms with E-state index in [1.165, 1.54) is 10.4 Å². The molecule has 0 radical (unpaired) electrons. The van der Waals surface area contributed by atoms with Gasteiger partial charge in [-0.2, -0.15) is 4.31 Å². The highest BCUT2D eigenvalue weighted by Crippen LogP contribution is 2.28. The summed E-state index contributed by atoms with van der Waals surface area (Å²) in [6.07, 6.45) is 2.70. The van der Waals surface area contributed by atoms with Crippen molar-refractivity contribution in [2.24, 2.45) is 5.92 Å². The van der Waals surface area contributed by atoms with E-state index in [2.05, 4.69) is 5.32 Å². The predicted octanol–water partition coefficient (Wildman–Crippen LogP) is 1.48. The molecule has 2 saturated heterocycles. The van der Waals surface area contributed by atoms with Crippen molar-refractivity contribution in [3.05, 3.63) is 17.6 Å². The fourth-order valence-electron chi connectivity index (χ4n) is 3.52. The van der Waals surface area contributed by atoms with E-state index in [0.29, 0.717) is 32.1 Å². The molecule has 2 aliphatic rings. The smallest absolute Gasteiger partial charge is 0.289 e. The molecule has 3 rings (SSSR count). The number of halogens is 1. The molecule has 1 unspecified atom stereocenters. The molecular formula is C16H26ClN3O4S. The summed E-state index contributed by atoms with van der Waals surface area (Å²) < 4.78 is 32.4. The lowest BCUT2D eigenvalue weighted by Crippen LogP contribution is -2.30. The van der Waals surface area contributed by atoms with Gasteiger partial charge in [0, 0.05) is 32.2 Å². The largest absolute Gasteiger partial charge is 0.455 e. The van der Waals surface area contributed by atoms with Crippen LogP contribution in [0.2, 0.25) is 0 Å². The Balaban J connectivity index is 0.00000225. The molecule has 0 spiro atoms. The van der Waals surface area contributed by atoms with E-state index in [-0.39, 0.29) is 34.7 Å². The minimum Gasteiger partial charge on any atom is -0.455 e. The van der Waals surface area contributed by atoms with Gasteiger partial charge in [0.05, 0.1) is 0 Å². The first-order valence-electron chi connectivity index (χ1n) is 8.48. The number of sulfonamides is 1. The first-order valence-corrected chi connectivity index (χ1v) is 9.92. The van der Waals surface area contributed by atoms with Crippen molar-refractivity contribution >= 4 is 28.3 Å². The van der Waals surface area contributed by atoms with Crippen LogP contribution in [0.3, 0.4) is 0 Å². The Hall–Kier alpha value is -1.09. The molecule has 0 aliphatic carbocycles. The van der Waals surface area contributed by atoms with Crippen molar-refractivity contribution < 1.29 is 17.6 Å². The van der Waals surface area contributed by atoms with Gasteiger partial charge in [-0.15, -0.1) is 12.4 Å². The lowest BCUT2D eigenvalue weighted by atomic mass is 10.1. The zero-order valence-corrected chi connectivity index (χ0v) is 16.3. The molecule has 9 heteroatoms. The second kappa shape index (κ2) is 8.07. The zero-order valence-electron chi connectivity index (χ0n) is 14.7. The Morgan fingerprint density at radius 2 is 2.00 bits per heavy atom. The molecule has 1 atom stereocenters. The Labute approximate surface area is 155 Å². The monoisotopic (exact) mass is 391 g/mol. The van der Waals surface area contributed by atoms with Gasteiger partial charge in [-0.05, 0) is 45.7 Å². The fraction of sp³-hybridized carbons (Fsp3) is 0.688. The standard InChI is InChI=1S/C16H25N3O4S.ClH/c1-12-15(24(21,22)19-6-3-4-7-19)9-14(23-12)16(20)18-8-5-13(11-18)10-17-2;/h9,13,17H,3-8,10-11H2,1-2H3;1H. The van der Waals surface area contributed by atoms with Gasteiger partial charge in [0.1, 0.15) is 10.7 Å². The number of amides is 1. The van der Waals surface area contributed by atoms with Gasteiger partial charge in [-0.3, -0.25) is 4.79 Å². The summed E-state index contributed by atoms with van der Waals surface area (Å²) in [7, 11) is -1.67. The van der Waals surface area contributed by atoms with E-state index in [4.69, 9.17) is 4.42 Å². The van der Waals surface area contributed by atoms with Crippen LogP contribution in [0.4, 0.5) is 0 Å². The second-order valence-electron chi connectivity index (χ2n) is 6.61. The number of aryl methyl sites for hydroxylation is 1. The summed E-state index contributed by atoms with van der Waals surface area (Å²) >= 11 is 0.